The smallest absolute Gasteiger partial charge is 0.273 e. The van der Waals surface area contributed by atoms with Crippen LogP contribution in [-0.2, 0) is 20.5 Å². The van der Waals surface area contributed by atoms with Gasteiger partial charge >= 0.3 is 0 Å². The SMILES string of the molecule is C=C(C)COCCNS(=O)(=O)Cc1ccccc1[N+](=O)[O-]. The Morgan fingerprint density at radius 2 is 2.10 bits per heavy atom. The van der Waals surface area contributed by atoms with Gasteiger partial charge in [0.2, 0.25) is 10.0 Å². The van der Waals surface area contributed by atoms with Gasteiger partial charge in [-0.1, -0.05) is 30.4 Å². The average molecular weight is 314 g/mol. The van der Waals surface area contributed by atoms with Crippen LogP contribution in [0.3, 0.4) is 0 Å². The number of para-hydroxylation sites is 1. The summed E-state index contributed by atoms with van der Waals surface area (Å²) in [5.41, 5.74) is 0.789. The molecule has 0 aromatic heterocycles. The molecule has 0 fully saturated rings. The molecule has 1 aromatic rings. The zero-order valence-electron chi connectivity index (χ0n) is 11.7. The van der Waals surface area contributed by atoms with Gasteiger partial charge in [-0.25, -0.2) is 13.1 Å². The highest BCUT2D eigenvalue weighted by molar-refractivity contribution is 7.88. The Morgan fingerprint density at radius 3 is 2.71 bits per heavy atom. The van der Waals surface area contributed by atoms with Crippen LogP contribution in [0.2, 0.25) is 0 Å². The maximum Gasteiger partial charge on any atom is 0.273 e. The fourth-order valence-electron chi connectivity index (χ4n) is 1.58. The number of nitro groups is 1. The van der Waals surface area contributed by atoms with E-state index in [1.165, 1.54) is 18.2 Å². The number of nitrogens with zero attached hydrogens (tertiary/aromatic N) is 1. The highest BCUT2D eigenvalue weighted by Crippen LogP contribution is 2.19. The lowest BCUT2D eigenvalue weighted by Gasteiger charge is -2.08. The van der Waals surface area contributed by atoms with Crippen molar-refractivity contribution in [1.29, 1.82) is 0 Å². The Hall–Kier alpha value is -1.77. The van der Waals surface area contributed by atoms with Crippen molar-refractivity contribution >= 4 is 15.7 Å². The van der Waals surface area contributed by atoms with Gasteiger partial charge in [-0.2, -0.15) is 0 Å². The normalized spacial score (nSPS) is 11.3. The van der Waals surface area contributed by atoms with E-state index in [-0.39, 0.29) is 24.4 Å². The molecule has 1 N–H and O–H groups in total. The molecule has 21 heavy (non-hydrogen) atoms. The largest absolute Gasteiger partial charge is 0.376 e. The lowest BCUT2D eigenvalue weighted by Crippen LogP contribution is -2.29. The summed E-state index contributed by atoms with van der Waals surface area (Å²) in [6, 6.07) is 5.76. The van der Waals surface area contributed by atoms with Gasteiger partial charge in [0.25, 0.3) is 5.69 Å². The third kappa shape index (κ3) is 6.48. The first kappa shape index (κ1) is 17.3. The molecular formula is C13H18N2O5S. The van der Waals surface area contributed by atoms with E-state index in [1.807, 2.05) is 0 Å². The van der Waals surface area contributed by atoms with Gasteiger partial charge in [-0.3, -0.25) is 10.1 Å². The number of nitro benzene ring substituents is 1. The van der Waals surface area contributed by atoms with Crippen molar-refractivity contribution in [3.05, 3.63) is 52.1 Å². The van der Waals surface area contributed by atoms with Crippen LogP contribution in [0.1, 0.15) is 12.5 Å². The Bertz CT molecular complexity index is 613. The zero-order chi connectivity index (χ0) is 15.9. The summed E-state index contributed by atoms with van der Waals surface area (Å²) in [5, 5.41) is 10.8. The molecule has 0 bridgehead atoms. The highest BCUT2D eigenvalue weighted by Gasteiger charge is 2.19. The van der Waals surface area contributed by atoms with Crippen molar-refractivity contribution < 1.29 is 18.1 Å². The summed E-state index contributed by atoms with van der Waals surface area (Å²) < 4.78 is 31.2. The number of rotatable bonds is 9. The molecule has 0 unspecified atom stereocenters. The molecule has 8 heteroatoms. The van der Waals surface area contributed by atoms with Crippen molar-refractivity contribution in [2.24, 2.45) is 0 Å². The van der Waals surface area contributed by atoms with E-state index in [2.05, 4.69) is 11.3 Å². The van der Waals surface area contributed by atoms with E-state index in [9.17, 15) is 18.5 Å². The number of hydrogen-bond donors (Lipinski definition) is 1. The van der Waals surface area contributed by atoms with Crippen LogP contribution in [-0.4, -0.2) is 33.1 Å². The number of nitrogens with one attached hydrogen (secondary N) is 1. The second-order valence-corrected chi connectivity index (χ2v) is 6.36. The van der Waals surface area contributed by atoms with Crippen LogP contribution in [0.4, 0.5) is 5.69 Å². The molecule has 0 amide bonds. The van der Waals surface area contributed by atoms with Crippen molar-refractivity contribution in [3.63, 3.8) is 0 Å². The van der Waals surface area contributed by atoms with Crippen molar-refractivity contribution in [2.45, 2.75) is 12.7 Å². The second-order valence-electron chi connectivity index (χ2n) is 4.55. The molecule has 0 aliphatic carbocycles. The number of ether oxygens (including phenoxy) is 1. The van der Waals surface area contributed by atoms with Gasteiger partial charge in [0.1, 0.15) is 0 Å². The molecule has 0 aliphatic heterocycles. The lowest BCUT2D eigenvalue weighted by atomic mass is 10.2. The van der Waals surface area contributed by atoms with E-state index in [1.54, 1.807) is 13.0 Å². The van der Waals surface area contributed by atoms with Crippen LogP contribution in [0.15, 0.2) is 36.4 Å². The molecule has 0 saturated heterocycles. The number of hydrogen-bond acceptors (Lipinski definition) is 5. The van der Waals surface area contributed by atoms with Crippen molar-refractivity contribution in [3.8, 4) is 0 Å². The Kier molecular flexibility index (Phi) is 6.47. The Balaban J connectivity index is 2.57. The topological polar surface area (TPSA) is 98.5 Å². The molecule has 0 atom stereocenters. The van der Waals surface area contributed by atoms with Crippen LogP contribution < -0.4 is 4.72 Å². The maximum absolute atomic E-state index is 11.9. The molecule has 7 nitrogen and oxygen atoms in total. The first-order chi connectivity index (χ1) is 9.82. The zero-order valence-corrected chi connectivity index (χ0v) is 12.6. The first-order valence-corrected chi connectivity index (χ1v) is 7.89. The molecule has 1 rings (SSSR count). The third-order valence-electron chi connectivity index (χ3n) is 2.45. The van der Waals surface area contributed by atoms with E-state index in [0.717, 1.165) is 5.57 Å². The van der Waals surface area contributed by atoms with Gasteiger partial charge in [-0.15, -0.1) is 0 Å². The number of sulfonamides is 1. The molecule has 116 valence electrons. The predicted octanol–water partition coefficient (Wildman–Crippen LogP) is 1.61. The molecule has 0 heterocycles. The second kappa shape index (κ2) is 7.87. The van der Waals surface area contributed by atoms with Gasteiger partial charge in [-0.05, 0) is 6.92 Å². The van der Waals surface area contributed by atoms with E-state index < -0.39 is 20.7 Å². The van der Waals surface area contributed by atoms with Crippen LogP contribution in [0.5, 0.6) is 0 Å². The Labute approximate surface area is 123 Å². The molecule has 0 radical (unpaired) electrons. The monoisotopic (exact) mass is 314 g/mol. The summed E-state index contributed by atoms with van der Waals surface area (Å²) in [7, 11) is -3.65. The fourth-order valence-corrected chi connectivity index (χ4v) is 2.73. The average Bonchev–Trinajstić information content (AvgIpc) is 2.37. The van der Waals surface area contributed by atoms with E-state index >= 15 is 0 Å². The summed E-state index contributed by atoms with van der Waals surface area (Å²) in [6.07, 6.45) is 0. The third-order valence-corrected chi connectivity index (χ3v) is 3.79. The van der Waals surface area contributed by atoms with Crippen molar-refractivity contribution in [2.75, 3.05) is 19.8 Å². The van der Waals surface area contributed by atoms with Crippen molar-refractivity contribution in [1.82, 2.24) is 4.72 Å². The van der Waals surface area contributed by atoms with Gasteiger partial charge in [0, 0.05) is 18.2 Å². The molecule has 0 spiro atoms. The minimum Gasteiger partial charge on any atom is -0.376 e. The van der Waals surface area contributed by atoms with E-state index in [4.69, 9.17) is 4.74 Å². The van der Waals surface area contributed by atoms with E-state index in [0.29, 0.717) is 6.61 Å². The Morgan fingerprint density at radius 1 is 1.43 bits per heavy atom. The maximum atomic E-state index is 11.9. The molecule has 0 saturated carbocycles. The first-order valence-electron chi connectivity index (χ1n) is 6.23. The molecule has 0 aliphatic rings. The fraction of sp³-hybridized carbons (Fsp3) is 0.385. The quantitative estimate of drug-likeness (QED) is 0.323. The molecular weight excluding hydrogens is 296 g/mol. The summed E-state index contributed by atoms with van der Waals surface area (Å²) >= 11 is 0. The van der Waals surface area contributed by atoms with Gasteiger partial charge in [0.05, 0.1) is 23.9 Å². The van der Waals surface area contributed by atoms with Gasteiger partial charge < -0.3 is 4.74 Å². The minimum atomic E-state index is -3.65. The standard InChI is InChI=1S/C13H18N2O5S/c1-11(2)9-20-8-7-14-21(18,19)10-12-5-3-4-6-13(12)15(16)17/h3-6,14H,1,7-10H2,2H3. The van der Waals surface area contributed by atoms with Crippen LogP contribution >= 0.6 is 0 Å². The highest BCUT2D eigenvalue weighted by atomic mass is 32.2. The van der Waals surface area contributed by atoms with Crippen LogP contribution in [0, 0.1) is 10.1 Å². The lowest BCUT2D eigenvalue weighted by molar-refractivity contribution is -0.385. The predicted molar refractivity (Wildman–Crippen MR) is 79.4 cm³/mol. The van der Waals surface area contributed by atoms with Gasteiger partial charge in [0.15, 0.2) is 0 Å². The summed E-state index contributed by atoms with van der Waals surface area (Å²) in [4.78, 5) is 10.2. The molecule has 1 aromatic carbocycles. The number of benzene rings is 1. The summed E-state index contributed by atoms with van der Waals surface area (Å²) in [6.45, 7) is 6.15. The summed E-state index contributed by atoms with van der Waals surface area (Å²) in [5.74, 6) is -0.440. The minimum absolute atomic E-state index is 0.107. The van der Waals surface area contributed by atoms with Crippen LogP contribution in [0.25, 0.3) is 0 Å².